The van der Waals surface area contributed by atoms with E-state index in [1.807, 2.05) is 0 Å². The lowest BCUT2D eigenvalue weighted by Gasteiger charge is -2.09. The largest absolute Gasteiger partial charge is 0.299 e. The fourth-order valence-electron chi connectivity index (χ4n) is 2.47. The number of fused-ring (bicyclic) bond motifs is 1. The summed E-state index contributed by atoms with van der Waals surface area (Å²) in [5, 5.41) is 0. The molecule has 4 heteroatoms. The third-order valence-corrected chi connectivity index (χ3v) is 4.36. The summed E-state index contributed by atoms with van der Waals surface area (Å²) in [6, 6.07) is 0. The van der Waals surface area contributed by atoms with Gasteiger partial charge in [0.25, 0.3) is 0 Å². The molecule has 0 heterocycles. The summed E-state index contributed by atoms with van der Waals surface area (Å²) in [6.07, 6.45) is 4.76. The van der Waals surface area contributed by atoms with Crippen LogP contribution in [0.4, 0.5) is 0 Å². The van der Waals surface area contributed by atoms with E-state index < -0.39 is 9.84 Å². The number of rotatable bonds is 4. The summed E-state index contributed by atoms with van der Waals surface area (Å²) in [5.41, 5.74) is 0. The van der Waals surface area contributed by atoms with E-state index in [1.165, 1.54) is 12.7 Å². The first-order valence-electron chi connectivity index (χ1n) is 5.16. The molecule has 14 heavy (non-hydrogen) atoms. The molecule has 0 amide bonds. The summed E-state index contributed by atoms with van der Waals surface area (Å²) in [5.74, 6) is 1.96. The standard InChI is InChI=1S/C10H16O3S/c1-14(12,13)3-2-10(11)9-5-7-4-8(7)6-9/h7-9H,2-6H2,1H3. The summed E-state index contributed by atoms with van der Waals surface area (Å²) >= 11 is 0. The molecule has 2 fully saturated rings. The van der Waals surface area contributed by atoms with Crippen LogP contribution in [-0.2, 0) is 14.6 Å². The van der Waals surface area contributed by atoms with E-state index >= 15 is 0 Å². The maximum atomic E-state index is 11.6. The Bertz CT molecular complexity index is 334. The number of Topliss-reactive ketones (excluding diaryl/α,β-unsaturated/α-hetero) is 1. The summed E-state index contributed by atoms with van der Waals surface area (Å²) in [7, 11) is -2.97. The van der Waals surface area contributed by atoms with Crippen LogP contribution in [-0.4, -0.2) is 26.2 Å². The minimum absolute atomic E-state index is 0.0255. The van der Waals surface area contributed by atoms with E-state index in [1.54, 1.807) is 0 Å². The van der Waals surface area contributed by atoms with Gasteiger partial charge >= 0.3 is 0 Å². The van der Waals surface area contributed by atoms with Gasteiger partial charge in [0.05, 0.1) is 5.75 Å². The van der Waals surface area contributed by atoms with Crippen molar-refractivity contribution in [1.29, 1.82) is 0 Å². The minimum Gasteiger partial charge on any atom is -0.299 e. The third-order valence-electron chi connectivity index (χ3n) is 3.42. The highest BCUT2D eigenvalue weighted by Gasteiger charge is 2.47. The molecule has 0 N–H and O–H groups in total. The lowest BCUT2D eigenvalue weighted by Crippen LogP contribution is -2.17. The highest BCUT2D eigenvalue weighted by molar-refractivity contribution is 7.90. The zero-order valence-corrected chi connectivity index (χ0v) is 9.22. The number of carbonyl (C=O) groups excluding carboxylic acids is 1. The van der Waals surface area contributed by atoms with Crippen LogP contribution >= 0.6 is 0 Å². The molecule has 0 aliphatic heterocycles. The van der Waals surface area contributed by atoms with Crippen molar-refractivity contribution in [1.82, 2.24) is 0 Å². The third kappa shape index (κ3) is 2.35. The summed E-state index contributed by atoms with van der Waals surface area (Å²) in [6.45, 7) is 0. The van der Waals surface area contributed by atoms with Crippen molar-refractivity contribution in [3.63, 3.8) is 0 Å². The van der Waals surface area contributed by atoms with Crippen LogP contribution in [0.3, 0.4) is 0 Å². The zero-order valence-electron chi connectivity index (χ0n) is 8.40. The van der Waals surface area contributed by atoms with Gasteiger partial charge in [-0.05, 0) is 31.1 Å². The number of sulfone groups is 1. The van der Waals surface area contributed by atoms with Crippen LogP contribution < -0.4 is 0 Å². The zero-order chi connectivity index (χ0) is 10.3. The molecular formula is C10H16O3S. The molecule has 3 nitrogen and oxygen atoms in total. The smallest absolute Gasteiger partial charge is 0.147 e. The fourth-order valence-corrected chi connectivity index (χ4v) is 3.04. The molecule has 2 aliphatic carbocycles. The van der Waals surface area contributed by atoms with Crippen molar-refractivity contribution in [3.8, 4) is 0 Å². The molecule has 0 aromatic rings. The molecule has 0 saturated heterocycles. The monoisotopic (exact) mass is 216 g/mol. The van der Waals surface area contributed by atoms with Crippen LogP contribution in [0.25, 0.3) is 0 Å². The van der Waals surface area contributed by atoms with Gasteiger partial charge in [-0.15, -0.1) is 0 Å². The Morgan fingerprint density at radius 3 is 2.29 bits per heavy atom. The maximum Gasteiger partial charge on any atom is 0.147 e. The Morgan fingerprint density at radius 1 is 1.21 bits per heavy atom. The molecular weight excluding hydrogens is 200 g/mol. The molecule has 2 atom stereocenters. The van der Waals surface area contributed by atoms with Crippen molar-refractivity contribution in [3.05, 3.63) is 0 Å². The molecule has 0 spiro atoms. The number of ketones is 1. The fraction of sp³-hybridized carbons (Fsp3) is 0.900. The van der Waals surface area contributed by atoms with Gasteiger partial charge in [0.2, 0.25) is 0 Å². The Kier molecular flexibility index (Phi) is 2.41. The van der Waals surface area contributed by atoms with E-state index in [9.17, 15) is 13.2 Å². The highest BCUT2D eigenvalue weighted by atomic mass is 32.2. The molecule has 80 valence electrons. The van der Waals surface area contributed by atoms with Gasteiger partial charge in [-0.25, -0.2) is 8.42 Å². The average Bonchev–Trinajstić information content (AvgIpc) is 2.68. The average molecular weight is 216 g/mol. The van der Waals surface area contributed by atoms with Gasteiger partial charge in [-0.1, -0.05) is 0 Å². The van der Waals surface area contributed by atoms with Gasteiger partial charge < -0.3 is 0 Å². The predicted molar refractivity (Wildman–Crippen MR) is 53.7 cm³/mol. The Morgan fingerprint density at radius 2 is 1.79 bits per heavy atom. The van der Waals surface area contributed by atoms with E-state index in [-0.39, 0.29) is 23.9 Å². The Balaban J connectivity index is 1.79. The Labute approximate surface area is 84.8 Å². The molecule has 0 aromatic carbocycles. The van der Waals surface area contributed by atoms with E-state index in [0.717, 1.165) is 24.7 Å². The van der Waals surface area contributed by atoms with Crippen LogP contribution in [0.5, 0.6) is 0 Å². The van der Waals surface area contributed by atoms with E-state index in [0.29, 0.717) is 0 Å². The maximum absolute atomic E-state index is 11.6. The van der Waals surface area contributed by atoms with Gasteiger partial charge in [0.15, 0.2) is 0 Å². The first kappa shape index (κ1) is 10.1. The molecule has 0 bridgehead atoms. The first-order valence-corrected chi connectivity index (χ1v) is 7.22. The normalized spacial score (nSPS) is 35.4. The Hall–Kier alpha value is -0.380. The van der Waals surface area contributed by atoms with Crippen molar-refractivity contribution >= 4 is 15.6 Å². The lowest BCUT2D eigenvalue weighted by molar-refractivity contribution is -0.122. The molecule has 2 rings (SSSR count). The highest BCUT2D eigenvalue weighted by Crippen LogP contribution is 2.54. The molecule has 2 unspecified atom stereocenters. The van der Waals surface area contributed by atoms with Gasteiger partial charge in [-0.2, -0.15) is 0 Å². The molecule has 2 saturated carbocycles. The second-order valence-corrected chi connectivity index (χ2v) is 7.03. The quantitative estimate of drug-likeness (QED) is 0.705. The van der Waals surface area contributed by atoms with Crippen molar-refractivity contribution in [2.24, 2.45) is 17.8 Å². The van der Waals surface area contributed by atoms with E-state index in [4.69, 9.17) is 0 Å². The second-order valence-electron chi connectivity index (χ2n) is 4.77. The molecule has 2 aliphatic rings. The van der Waals surface area contributed by atoms with Crippen molar-refractivity contribution < 1.29 is 13.2 Å². The SMILES string of the molecule is CS(=O)(=O)CCC(=O)C1CC2CC2C1. The van der Waals surface area contributed by atoms with Crippen LogP contribution in [0.1, 0.15) is 25.7 Å². The number of hydrogen-bond donors (Lipinski definition) is 0. The number of carbonyl (C=O) groups is 1. The van der Waals surface area contributed by atoms with E-state index in [2.05, 4.69) is 0 Å². The predicted octanol–water partition coefficient (Wildman–Crippen LogP) is 1.04. The number of hydrogen-bond acceptors (Lipinski definition) is 3. The lowest BCUT2D eigenvalue weighted by atomic mass is 9.97. The van der Waals surface area contributed by atoms with Crippen LogP contribution in [0, 0.1) is 17.8 Å². The summed E-state index contributed by atoms with van der Waals surface area (Å²) in [4.78, 5) is 11.6. The second kappa shape index (κ2) is 3.33. The van der Waals surface area contributed by atoms with Crippen LogP contribution in [0.15, 0.2) is 0 Å². The minimum atomic E-state index is -2.97. The van der Waals surface area contributed by atoms with Gasteiger partial charge in [-0.3, -0.25) is 4.79 Å². The first-order chi connectivity index (χ1) is 6.46. The van der Waals surface area contributed by atoms with Crippen molar-refractivity contribution in [2.75, 3.05) is 12.0 Å². The topological polar surface area (TPSA) is 51.2 Å². The van der Waals surface area contributed by atoms with Crippen LogP contribution in [0.2, 0.25) is 0 Å². The molecule has 0 radical (unpaired) electrons. The molecule has 0 aromatic heterocycles. The summed E-state index contributed by atoms with van der Waals surface area (Å²) < 4.78 is 21.7. The van der Waals surface area contributed by atoms with Crippen molar-refractivity contribution in [2.45, 2.75) is 25.7 Å². The van der Waals surface area contributed by atoms with Gasteiger partial charge in [0.1, 0.15) is 15.6 Å². The van der Waals surface area contributed by atoms with Gasteiger partial charge in [0, 0.05) is 18.6 Å².